The smallest absolute Gasteiger partial charge is 0.417 e. The second-order valence-electron chi connectivity index (χ2n) is 3.60. The van der Waals surface area contributed by atoms with E-state index in [2.05, 4.69) is 4.98 Å². The Morgan fingerprint density at radius 1 is 1.17 bits per heavy atom. The van der Waals surface area contributed by atoms with Crippen LogP contribution in [0.2, 0.25) is 5.02 Å². The van der Waals surface area contributed by atoms with Gasteiger partial charge in [-0.05, 0) is 18.2 Å². The van der Waals surface area contributed by atoms with Crippen LogP contribution >= 0.6 is 11.6 Å². The molecule has 0 fully saturated rings. The maximum absolute atomic E-state index is 12.4. The minimum absolute atomic E-state index is 0.00901. The van der Waals surface area contributed by atoms with E-state index in [1.807, 2.05) is 0 Å². The summed E-state index contributed by atoms with van der Waals surface area (Å²) in [6.45, 7) is 0. The first-order chi connectivity index (χ1) is 8.38. The van der Waals surface area contributed by atoms with E-state index >= 15 is 0 Å². The van der Waals surface area contributed by atoms with Crippen LogP contribution in [0.3, 0.4) is 0 Å². The van der Waals surface area contributed by atoms with E-state index in [0.29, 0.717) is 11.8 Å². The molecule has 2 rings (SSSR count). The molecule has 0 amide bonds. The van der Waals surface area contributed by atoms with Crippen LogP contribution in [0, 0.1) is 0 Å². The highest BCUT2D eigenvalue weighted by atomic mass is 35.5. The summed E-state index contributed by atoms with van der Waals surface area (Å²) >= 11 is 5.78. The summed E-state index contributed by atoms with van der Waals surface area (Å²) in [6, 6.07) is 6.79. The van der Waals surface area contributed by atoms with Crippen molar-refractivity contribution in [1.82, 2.24) is 4.98 Å². The molecule has 0 unspecified atom stereocenters. The molecule has 0 saturated heterocycles. The van der Waals surface area contributed by atoms with Gasteiger partial charge in [-0.3, -0.25) is 4.98 Å². The lowest BCUT2D eigenvalue weighted by Crippen LogP contribution is -2.05. The predicted molar refractivity (Wildman–Crippen MR) is 61.3 cm³/mol. The Bertz CT molecular complexity index is 584. The van der Waals surface area contributed by atoms with Gasteiger partial charge in [-0.1, -0.05) is 23.7 Å². The van der Waals surface area contributed by atoms with E-state index in [1.54, 1.807) is 12.1 Å². The maximum atomic E-state index is 12.4. The monoisotopic (exact) mass is 273 g/mol. The van der Waals surface area contributed by atoms with Crippen molar-refractivity contribution in [1.29, 1.82) is 0 Å². The lowest BCUT2D eigenvalue weighted by atomic mass is 10.1. The van der Waals surface area contributed by atoms with Crippen molar-refractivity contribution >= 4 is 11.6 Å². The highest BCUT2D eigenvalue weighted by Crippen LogP contribution is 2.34. The van der Waals surface area contributed by atoms with Crippen molar-refractivity contribution in [3.63, 3.8) is 0 Å². The van der Waals surface area contributed by atoms with Crippen LogP contribution in [-0.4, -0.2) is 10.1 Å². The molecular formula is C12H7ClF3NO. The van der Waals surface area contributed by atoms with Gasteiger partial charge in [0.25, 0.3) is 0 Å². The second-order valence-corrected chi connectivity index (χ2v) is 4.01. The van der Waals surface area contributed by atoms with Crippen molar-refractivity contribution in [2.45, 2.75) is 6.18 Å². The van der Waals surface area contributed by atoms with Gasteiger partial charge in [0.15, 0.2) is 0 Å². The summed E-state index contributed by atoms with van der Waals surface area (Å²) in [4.78, 5) is 3.69. The third kappa shape index (κ3) is 2.56. The summed E-state index contributed by atoms with van der Waals surface area (Å²) < 4.78 is 37.3. The fourth-order valence-corrected chi connectivity index (χ4v) is 1.73. The van der Waals surface area contributed by atoms with Crippen LogP contribution in [0.4, 0.5) is 13.2 Å². The number of phenolic OH excluding ortho intramolecular Hbond substituents is 1. The molecule has 0 spiro atoms. The third-order valence-electron chi connectivity index (χ3n) is 2.29. The molecule has 1 aromatic heterocycles. The van der Waals surface area contributed by atoms with Gasteiger partial charge >= 0.3 is 6.18 Å². The van der Waals surface area contributed by atoms with Gasteiger partial charge in [0.2, 0.25) is 0 Å². The quantitative estimate of drug-likeness (QED) is 0.847. The Morgan fingerprint density at radius 3 is 2.44 bits per heavy atom. The number of phenols is 1. The molecule has 1 heterocycles. The van der Waals surface area contributed by atoms with Crippen molar-refractivity contribution in [3.8, 4) is 17.0 Å². The molecule has 0 bridgehead atoms. The SMILES string of the molecule is Oc1cccc(-c2ncc(C(F)(F)F)cc2Cl)c1. The molecule has 0 atom stereocenters. The van der Waals surface area contributed by atoms with Gasteiger partial charge in [0.05, 0.1) is 16.3 Å². The number of rotatable bonds is 1. The summed E-state index contributed by atoms with van der Waals surface area (Å²) in [5, 5.41) is 9.18. The lowest BCUT2D eigenvalue weighted by Gasteiger charge is -2.09. The average molecular weight is 274 g/mol. The number of pyridine rings is 1. The van der Waals surface area contributed by atoms with Crippen LogP contribution in [0.1, 0.15) is 5.56 Å². The van der Waals surface area contributed by atoms with E-state index < -0.39 is 11.7 Å². The fraction of sp³-hybridized carbons (Fsp3) is 0.0833. The fourth-order valence-electron chi connectivity index (χ4n) is 1.46. The zero-order chi connectivity index (χ0) is 13.3. The molecule has 0 radical (unpaired) electrons. The largest absolute Gasteiger partial charge is 0.508 e. The van der Waals surface area contributed by atoms with Crippen molar-refractivity contribution in [2.75, 3.05) is 0 Å². The summed E-state index contributed by atoms with van der Waals surface area (Å²) in [7, 11) is 0. The second kappa shape index (κ2) is 4.49. The molecule has 18 heavy (non-hydrogen) atoms. The molecular weight excluding hydrogens is 267 g/mol. The zero-order valence-corrected chi connectivity index (χ0v) is 9.63. The molecule has 0 saturated carbocycles. The number of aromatic nitrogens is 1. The van der Waals surface area contributed by atoms with Crippen LogP contribution in [0.15, 0.2) is 36.5 Å². The van der Waals surface area contributed by atoms with E-state index in [9.17, 15) is 18.3 Å². The van der Waals surface area contributed by atoms with E-state index in [0.717, 1.165) is 6.07 Å². The first kappa shape index (κ1) is 12.7. The first-order valence-electron chi connectivity index (χ1n) is 4.90. The van der Waals surface area contributed by atoms with Crippen molar-refractivity contribution in [2.24, 2.45) is 0 Å². The Balaban J connectivity index is 2.48. The average Bonchev–Trinajstić information content (AvgIpc) is 2.27. The normalized spacial score (nSPS) is 11.6. The van der Waals surface area contributed by atoms with Crippen LogP contribution < -0.4 is 0 Å². The number of hydrogen-bond acceptors (Lipinski definition) is 2. The van der Waals surface area contributed by atoms with Crippen LogP contribution in [-0.2, 0) is 6.18 Å². The van der Waals surface area contributed by atoms with E-state index in [-0.39, 0.29) is 16.5 Å². The molecule has 2 aromatic rings. The zero-order valence-electron chi connectivity index (χ0n) is 8.87. The van der Waals surface area contributed by atoms with Gasteiger partial charge in [0, 0.05) is 11.8 Å². The molecule has 2 nitrogen and oxygen atoms in total. The summed E-state index contributed by atoms with van der Waals surface area (Å²) in [6.07, 6.45) is -3.76. The Kier molecular flexibility index (Phi) is 3.17. The minimum atomic E-state index is -4.48. The van der Waals surface area contributed by atoms with E-state index in [4.69, 9.17) is 11.6 Å². The summed E-state index contributed by atoms with van der Waals surface area (Å²) in [5.74, 6) is -0.00901. The van der Waals surface area contributed by atoms with Gasteiger partial charge in [-0.25, -0.2) is 0 Å². The number of aromatic hydroxyl groups is 1. The Hall–Kier alpha value is -1.75. The van der Waals surface area contributed by atoms with Crippen molar-refractivity contribution in [3.05, 3.63) is 47.1 Å². The number of nitrogens with zero attached hydrogens (tertiary/aromatic N) is 1. The molecule has 0 aliphatic heterocycles. The van der Waals surface area contributed by atoms with Crippen molar-refractivity contribution < 1.29 is 18.3 Å². The van der Waals surface area contributed by atoms with Crippen LogP contribution in [0.25, 0.3) is 11.3 Å². The minimum Gasteiger partial charge on any atom is -0.508 e. The van der Waals surface area contributed by atoms with E-state index in [1.165, 1.54) is 12.1 Å². The molecule has 1 N–H and O–H groups in total. The van der Waals surface area contributed by atoms with Gasteiger partial charge in [-0.15, -0.1) is 0 Å². The van der Waals surface area contributed by atoms with Gasteiger partial charge in [0.1, 0.15) is 5.75 Å². The highest BCUT2D eigenvalue weighted by molar-refractivity contribution is 6.33. The molecule has 94 valence electrons. The first-order valence-corrected chi connectivity index (χ1v) is 5.28. The predicted octanol–water partition coefficient (Wildman–Crippen LogP) is 4.13. The van der Waals surface area contributed by atoms with Gasteiger partial charge < -0.3 is 5.11 Å². The third-order valence-corrected chi connectivity index (χ3v) is 2.58. The molecule has 6 heteroatoms. The molecule has 0 aliphatic carbocycles. The molecule has 0 aliphatic rings. The Morgan fingerprint density at radius 2 is 1.89 bits per heavy atom. The number of hydrogen-bond donors (Lipinski definition) is 1. The standard InChI is InChI=1S/C12H7ClF3NO/c13-10-5-8(12(14,15)16)6-17-11(10)7-2-1-3-9(18)4-7/h1-6,18H. The lowest BCUT2D eigenvalue weighted by molar-refractivity contribution is -0.137. The number of benzene rings is 1. The highest BCUT2D eigenvalue weighted by Gasteiger charge is 2.31. The number of halogens is 4. The Labute approximate surface area is 106 Å². The molecule has 1 aromatic carbocycles. The van der Waals surface area contributed by atoms with Crippen LogP contribution in [0.5, 0.6) is 5.75 Å². The summed E-state index contributed by atoms with van der Waals surface area (Å²) in [5.41, 5.74) is -0.259. The topological polar surface area (TPSA) is 33.1 Å². The van der Waals surface area contributed by atoms with Gasteiger partial charge in [-0.2, -0.15) is 13.2 Å². The maximum Gasteiger partial charge on any atom is 0.417 e. The number of alkyl halides is 3.